The second-order valence-corrected chi connectivity index (χ2v) is 5.30. The van der Waals surface area contributed by atoms with Gasteiger partial charge in [-0.25, -0.2) is 0 Å². The number of hydrogen-bond donors (Lipinski definition) is 2. The van der Waals surface area contributed by atoms with Gasteiger partial charge in [0.05, 0.1) is 0 Å². The van der Waals surface area contributed by atoms with Crippen molar-refractivity contribution in [2.45, 2.75) is 26.7 Å². The zero-order valence-corrected chi connectivity index (χ0v) is 12.4. The highest BCUT2D eigenvalue weighted by atomic mass is 14.9. The van der Waals surface area contributed by atoms with Crippen LogP contribution in [-0.4, -0.2) is 13.1 Å². The topological polar surface area (TPSA) is 24.1 Å². The number of benzene rings is 2. The molecular weight excluding hydrogens is 244 g/mol. The van der Waals surface area contributed by atoms with Gasteiger partial charge in [0.15, 0.2) is 0 Å². The minimum absolute atomic E-state index is 1.03. The molecule has 2 N–H and O–H groups in total. The molecule has 0 spiro atoms. The summed E-state index contributed by atoms with van der Waals surface area (Å²) in [5, 5.41) is 6.93. The smallest absolute Gasteiger partial charge is 0.0342 e. The van der Waals surface area contributed by atoms with Crippen LogP contribution in [0.2, 0.25) is 0 Å². The fraction of sp³-hybridized carbons (Fsp3) is 0.333. The Kier molecular flexibility index (Phi) is 5.48. The van der Waals surface area contributed by atoms with Crippen LogP contribution in [0.15, 0.2) is 48.5 Å². The Morgan fingerprint density at radius 3 is 1.55 bits per heavy atom. The van der Waals surface area contributed by atoms with Gasteiger partial charge in [-0.15, -0.1) is 0 Å². The van der Waals surface area contributed by atoms with Gasteiger partial charge >= 0.3 is 0 Å². The molecule has 0 amide bonds. The van der Waals surface area contributed by atoms with E-state index < -0.39 is 0 Å². The van der Waals surface area contributed by atoms with E-state index >= 15 is 0 Å². The van der Waals surface area contributed by atoms with Crippen LogP contribution in [0.4, 0.5) is 11.4 Å². The summed E-state index contributed by atoms with van der Waals surface area (Å²) >= 11 is 0. The minimum atomic E-state index is 1.03. The summed E-state index contributed by atoms with van der Waals surface area (Å²) in [7, 11) is 0. The largest absolute Gasteiger partial charge is 0.385 e. The van der Waals surface area contributed by atoms with Crippen molar-refractivity contribution < 1.29 is 0 Å². The van der Waals surface area contributed by atoms with Crippen molar-refractivity contribution in [3.8, 4) is 0 Å². The average molecular weight is 268 g/mol. The lowest BCUT2D eigenvalue weighted by Gasteiger charge is -2.09. The molecule has 0 saturated heterocycles. The Balaban J connectivity index is 1.60. The SMILES string of the molecule is Cc1cccc(NCCCCNc2cccc(C)c2)c1. The normalized spacial score (nSPS) is 10.3. The van der Waals surface area contributed by atoms with Crippen LogP contribution in [0.5, 0.6) is 0 Å². The van der Waals surface area contributed by atoms with Crippen molar-refractivity contribution >= 4 is 11.4 Å². The molecule has 0 fully saturated rings. The fourth-order valence-electron chi connectivity index (χ4n) is 2.23. The van der Waals surface area contributed by atoms with Crippen LogP contribution in [-0.2, 0) is 0 Å². The van der Waals surface area contributed by atoms with Gasteiger partial charge in [-0.3, -0.25) is 0 Å². The lowest BCUT2D eigenvalue weighted by molar-refractivity contribution is 0.796. The summed E-state index contributed by atoms with van der Waals surface area (Å²) in [6.07, 6.45) is 2.35. The summed E-state index contributed by atoms with van der Waals surface area (Å²) in [5.74, 6) is 0. The predicted octanol–water partition coefficient (Wildman–Crippen LogP) is 4.61. The number of unbranched alkanes of at least 4 members (excludes halogenated alkanes) is 1. The Labute approximate surface area is 122 Å². The Morgan fingerprint density at radius 2 is 1.15 bits per heavy atom. The Bertz CT molecular complexity index is 485. The molecule has 2 rings (SSSR count). The molecule has 20 heavy (non-hydrogen) atoms. The van der Waals surface area contributed by atoms with Crippen molar-refractivity contribution in [1.29, 1.82) is 0 Å². The third kappa shape index (κ3) is 4.96. The summed E-state index contributed by atoms with van der Waals surface area (Å²) < 4.78 is 0. The first kappa shape index (κ1) is 14.4. The van der Waals surface area contributed by atoms with Gasteiger partial charge in [-0.2, -0.15) is 0 Å². The lowest BCUT2D eigenvalue weighted by atomic mass is 10.2. The molecule has 0 atom stereocenters. The third-order valence-corrected chi connectivity index (χ3v) is 3.30. The van der Waals surface area contributed by atoms with E-state index in [4.69, 9.17) is 0 Å². The van der Waals surface area contributed by atoms with E-state index in [1.165, 1.54) is 35.3 Å². The summed E-state index contributed by atoms with van der Waals surface area (Å²) in [6, 6.07) is 17.0. The van der Waals surface area contributed by atoms with Crippen LogP contribution in [0.25, 0.3) is 0 Å². The molecule has 0 aliphatic carbocycles. The van der Waals surface area contributed by atoms with Gasteiger partial charge in [0, 0.05) is 24.5 Å². The Hall–Kier alpha value is -1.96. The molecule has 0 bridgehead atoms. The number of anilines is 2. The summed E-state index contributed by atoms with van der Waals surface area (Å²) in [4.78, 5) is 0. The van der Waals surface area contributed by atoms with Crippen molar-refractivity contribution in [1.82, 2.24) is 0 Å². The van der Waals surface area contributed by atoms with Crippen LogP contribution < -0.4 is 10.6 Å². The highest BCUT2D eigenvalue weighted by Gasteiger charge is 1.94. The number of aryl methyl sites for hydroxylation is 2. The van der Waals surface area contributed by atoms with Crippen molar-refractivity contribution in [2.75, 3.05) is 23.7 Å². The van der Waals surface area contributed by atoms with Gasteiger partial charge in [0.25, 0.3) is 0 Å². The quantitative estimate of drug-likeness (QED) is 0.717. The molecule has 0 radical (unpaired) electrons. The van der Waals surface area contributed by atoms with Crippen molar-refractivity contribution in [3.05, 3.63) is 59.7 Å². The molecule has 0 aromatic heterocycles. The molecule has 0 heterocycles. The molecule has 0 aliphatic rings. The monoisotopic (exact) mass is 268 g/mol. The van der Waals surface area contributed by atoms with E-state index in [9.17, 15) is 0 Å². The van der Waals surface area contributed by atoms with Crippen LogP contribution in [0.3, 0.4) is 0 Å². The predicted molar refractivity (Wildman–Crippen MR) is 88.6 cm³/mol. The van der Waals surface area contributed by atoms with E-state index in [2.05, 4.69) is 73.0 Å². The molecule has 2 aromatic carbocycles. The molecule has 0 unspecified atom stereocenters. The van der Waals surface area contributed by atoms with Crippen molar-refractivity contribution in [3.63, 3.8) is 0 Å². The lowest BCUT2D eigenvalue weighted by Crippen LogP contribution is -2.06. The first-order chi connectivity index (χ1) is 9.74. The molecule has 0 saturated carbocycles. The highest BCUT2D eigenvalue weighted by Crippen LogP contribution is 2.11. The first-order valence-electron chi connectivity index (χ1n) is 7.35. The van der Waals surface area contributed by atoms with Gasteiger partial charge < -0.3 is 10.6 Å². The van der Waals surface area contributed by atoms with Crippen LogP contribution in [0.1, 0.15) is 24.0 Å². The maximum absolute atomic E-state index is 3.47. The maximum Gasteiger partial charge on any atom is 0.0342 e. The molecule has 2 heteroatoms. The van der Waals surface area contributed by atoms with Gasteiger partial charge in [-0.1, -0.05) is 24.3 Å². The summed E-state index contributed by atoms with van der Waals surface area (Å²) in [6.45, 7) is 6.30. The van der Waals surface area contributed by atoms with E-state index in [0.29, 0.717) is 0 Å². The molecular formula is C18H24N2. The zero-order chi connectivity index (χ0) is 14.2. The molecule has 2 aromatic rings. The molecule has 0 aliphatic heterocycles. The fourth-order valence-corrected chi connectivity index (χ4v) is 2.23. The third-order valence-electron chi connectivity index (χ3n) is 3.30. The van der Waals surface area contributed by atoms with Gasteiger partial charge in [0.2, 0.25) is 0 Å². The highest BCUT2D eigenvalue weighted by molar-refractivity contribution is 5.46. The van der Waals surface area contributed by atoms with Crippen LogP contribution in [0, 0.1) is 13.8 Å². The van der Waals surface area contributed by atoms with E-state index in [1.54, 1.807) is 0 Å². The zero-order valence-electron chi connectivity index (χ0n) is 12.4. The molecule has 106 valence electrons. The van der Waals surface area contributed by atoms with E-state index in [-0.39, 0.29) is 0 Å². The minimum Gasteiger partial charge on any atom is -0.385 e. The second-order valence-electron chi connectivity index (χ2n) is 5.30. The first-order valence-corrected chi connectivity index (χ1v) is 7.35. The van der Waals surface area contributed by atoms with Crippen molar-refractivity contribution in [2.24, 2.45) is 0 Å². The molecule has 2 nitrogen and oxygen atoms in total. The second kappa shape index (κ2) is 7.59. The standard InChI is InChI=1S/C18H24N2/c1-15-7-5-9-17(13-15)19-11-3-4-12-20-18-10-6-8-16(2)14-18/h5-10,13-14,19-20H,3-4,11-12H2,1-2H3. The number of rotatable bonds is 7. The van der Waals surface area contributed by atoms with Gasteiger partial charge in [0.1, 0.15) is 0 Å². The maximum atomic E-state index is 3.47. The summed E-state index contributed by atoms with van der Waals surface area (Å²) in [5.41, 5.74) is 5.04. The van der Waals surface area contributed by atoms with Gasteiger partial charge in [-0.05, 0) is 62.1 Å². The number of hydrogen-bond acceptors (Lipinski definition) is 2. The van der Waals surface area contributed by atoms with Crippen LogP contribution >= 0.6 is 0 Å². The Morgan fingerprint density at radius 1 is 0.700 bits per heavy atom. The van der Waals surface area contributed by atoms with E-state index in [1.807, 2.05) is 0 Å². The van der Waals surface area contributed by atoms with E-state index in [0.717, 1.165) is 13.1 Å². The number of nitrogens with one attached hydrogen (secondary N) is 2. The average Bonchev–Trinajstić information content (AvgIpc) is 2.43.